The molecule has 5 heteroatoms. The van der Waals surface area contributed by atoms with Gasteiger partial charge in [-0.3, -0.25) is 4.90 Å². The minimum atomic E-state index is -0.416. The summed E-state index contributed by atoms with van der Waals surface area (Å²) in [6, 6.07) is 5.05. The molecule has 2 rings (SSSR count). The first-order valence-electron chi connectivity index (χ1n) is 5.46. The van der Waals surface area contributed by atoms with Gasteiger partial charge in [-0.05, 0) is 30.7 Å². The number of halogens is 1. The maximum Gasteiger partial charge on any atom is 0.414 e. The van der Waals surface area contributed by atoms with Gasteiger partial charge >= 0.3 is 6.09 Å². The lowest BCUT2D eigenvalue weighted by molar-refractivity contribution is 0.115. The summed E-state index contributed by atoms with van der Waals surface area (Å²) in [5.41, 5.74) is 1.62. The molecule has 4 nitrogen and oxygen atoms in total. The summed E-state index contributed by atoms with van der Waals surface area (Å²) < 4.78 is 5.01. The smallest absolute Gasteiger partial charge is 0.414 e. The maximum atomic E-state index is 11.8. The number of ether oxygens (including phenoxy) is 1. The summed E-state index contributed by atoms with van der Waals surface area (Å²) in [4.78, 5) is 13.3. The van der Waals surface area contributed by atoms with Crippen LogP contribution in [0.5, 0.6) is 0 Å². The van der Waals surface area contributed by atoms with E-state index in [1.54, 1.807) is 18.2 Å². The number of cyclic esters (lactones) is 1. The van der Waals surface area contributed by atoms with Gasteiger partial charge in [-0.2, -0.15) is 0 Å². The molecule has 1 fully saturated rings. The SMILES string of the molecule is Cc1cc(Cl)ccc1N1C(=O)OCCC1CO. The molecule has 1 N–H and O–H groups in total. The lowest BCUT2D eigenvalue weighted by Gasteiger charge is -2.34. The highest BCUT2D eigenvalue weighted by atomic mass is 35.5. The molecule has 1 aliphatic heterocycles. The van der Waals surface area contributed by atoms with Gasteiger partial charge in [0.15, 0.2) is 0 Å². The van der Waals surface area contributed by atoms with Crippen LogP contribution in [-0.4, -0.2) is 30.5 Å². The quantitative estimate of drug-likeness (QED) is 0.883. The van der Waals surface area contributed by atoms with Gasteiger partial charge in [0.1, 0.15) is 0 Å². The molecule has 1 saturated heterocycles. The normalized spacial score (nSPS) is 20.3. The van der Waals surface area contributed by atoms with E-state index < -0.39 is 6.09 Å². The van der Waals surface area contributed by atoms with Gasteiger partial charge in [-0.15, -0.1) is 0 Å². The molecule has 1 heterocycles. The topological polar surface area (TPSA) is 49.8 Å². The molecule has 1 amide bonds. The molecule has 0 saturated carbocycles. The number of anilines is 1. The van der Waals surface area contributed by atoms with Crippen LogP contribution in [0.15, 0.2) is 18.2 Å². The van der Waals surface area contributed by atoms with Crippen LogP contribution in [0.2, 0.25) is 5.02 Å². The summed E-state index contributed by atoms with van der Waals surface area (Å²) >= 11 is 5.88. The molecule has 1 aromatic rings. The van der Waals surface area contributed by atoms with Crippen LogP contribution in [0.4, 0.5) is 10.5 Å². The Morgan fingerprint density at radius 2 is 2.35 bits per heavy atom. The Kier molecular flexibility index (Phi) is 3.54. The lowest BCUT2D eigenvalue weighted by atomic mass is 10.1. The van der Waals surface area contributed by atoms with Crippen LogP contribution in [0.25, 0.3) is 0 Å². The van der Waals surface area contributed by atoms with Gasteiger partial charge in [0.05, 0.1) is 24.9 Å². The third kappa shape index (κ3) is 2.37. The van der Waals surface area contributed by atoms with Crippen molar-refractivity contribution in [2.75, 3.05) is 18.1 Å². The standard InChI is InChI=1S/C12H14ClNO3/c1-8-6-9(13)2-3-11(8)14-10(7-15)4-5-17-12(14)16/h2-3,6,10,15H,4-5,7H2,1H3. The first-order chi connectivity index (χ1) is 8.13. The van der Waals surface area contributed by atoms with Gasteiger partial charge in [-0.25, -0.2) is 4.79 Å². The highest BCUT2D eigenvalue weighted by molar-refractivity contribution is 6.30. The monoisotopic (exact) mass is 255 g/mol. The number of carbonyl (C=O) groups excluding carboxylic acids is 1. The maximum absolute atomic E-state index is 11.8. The van der Waals surface area contributed by atoms with Crippen molar-refractivity contribution in [2.45, 2.75) is 19.4 Å². The molecule has 0 aromatic heterocycles. The van der Waals surface area contributed by atoms with Crippen molar-refractivity contribution in [3.8, 4) is 0 Å². The Labute approximate surface area is 105 Å². The summed E-state index contributed by atoms with van der Waals surface area (Å²) in [6.07, 6.45) is 0.213. The number of amides is 1. The van der Waals surface area contributed by atoms with E-state index in [0.29, 0.717) is 18.1 Å². The second-order valence-corrected chi connectivity index (χ2v) is 4.48. The molecular formula is C12H14ClNO3. The molecule has 92 valence electrons. The van der Waals surface area contributed by atoms with Gasteiger partial charge in [0.2, 0.25) is 0 Å². The molecular weight excluding hydrogens is 242 g/mol. The zero-order valence-corrected chi connectivity index (χ0v) is 10.3. The van der Waals surface area contributed by atoms with Gasteiger partial charge in [-0.1, -0.05) is 11.6 Å². The van der Waals surface area contributed by atoms with Crippen LogP contribution >= 0.6 is 11.6 Å². The van der Waals surface area contributed by atoms with E-state index in [1.165, 1.54) is 4.90 Å². The minimum Gasteiger partial charge on any atom is -0.449 e. The summed E-state index contributed by atoms with van der Waals surface area (Å²) in [7, 11) is 0. The summed E-state index contributed by atoms with van der Waals surface area (Å²) in [5.74, 6) is 0. The number of nitrogens with zero attached hydrogens (tertiary/aromatic N) is 1. The summed E-state index contributed by atoms with van der Waals surface area (Å²) in [6.45, 7) is 2.15. The number of rotatable bonds is 2. The molecule has 0 aliphatic carbocycles. The molecule has 1 unspecified atom stereocenters. The van der Waals surface area contributed by atoms with E-state index in [0.717, 1.165) is 11.3 Å². The predicted octanol–water partition coefficient (Wildman–Crippen LogP) is 2.36. The van der Waals surface area contributed by atoms with Crippen LogP contribution in [0.1, 0.15) is 12.0 Å². The van der Waals surface area contributed by atoms with Crippen molar-refractivity contribution in [1.82, 2.24) is 0 Å². The van der Waals surface area contributed by atoms with Crippen molar-refractivity contribution in [2.24, 2.45) is 0 Å². The Hall–Kier alpha value is -1.26. The first-order valence-corrected chi connectivity index (χ1v) is 5.84. The molecule has 0 bridgehead atoms. The third-order valence-electron chi connectivity index (χ3n) is 2.87. The van der Waals surface area contributed by atoms with E-state index >= 15 is 0 Å². The molecule has 1 aliphatic rings. The molecule has 1 atom stereocenters. The largest absolute Gasteiger partial charge is 0.449 e. The van der Waals surface area contributed by atoms with E-state index in [2.05, 4.69) is 0 Å². The predicted molar refractivity (Wildman–Crippen MR) is 65.5 cm³/mol. The first kappa shape index (κ1) is 12.2. The number of benzene rings is 1. The second-order valence-electron chi connectivity index (χ2n) is 4.04. The minimum absolute atomic E-state index is 0.0723. The number of aliphatic hydroxyl groups excluding tert-OH is 1. The number of hydrogen-bond donors (Lipinski definition) is 1. The molecule has 17 heavy (non-hydrogen) atoms. The van der Waals surface area contributed by atoms with E-state index in [1.807, 2.05) is 6.92 Å². The Morgan fingerprint density at radius 1 is 1.59 bits per heavy atom. The Bertz CT molecular complexity index is 436. The van der Waals surface area contributed by atoms with Crippen LogP contribution < -0.4 is 4.90 Å². The average molecular weight is 256 g/mol. The van der Waals surface area contributed by atoms with Crippen molar-refractivity contribution < 1.29 is 14.6 Å². The third-order valence-corrected chi connectivity index (χ3v) is 3.10. The van der Waals surface area contributed by atoms with E-state index in [4.69, 9.17) is 16.3 Å². The Balaban J connectivity index is 2.38. The second kappa shape index (κ2) is 4.94. The number of aryl methyl sites for hydroxylation is 1. The number of aliphatic hydroxyl groups is 1. The number of carbonyl (C=O) groups is 1. The highest BCUT2D eigenvalue weighted by Crippen LogP contribution is 2.28. The fourth-order valence-electron chi connectivity index (χ4n) is 1.99. The van der Waals surface area contributed by atoms with E-state index in [9.17, 15) is 9.90 Å². The zero-order valence-electron chi connectivity index (χ0n) is 9.52. The van der Waals surface area contributed by atoms with Crippen LogP contribution in [0, 0.1) is 6.92 Å². The van der Waals surface area contributed by atoms with E-state index in [-0.39, 0.29) is 12.6 Å². The van der Waals surface area contributed by atoms with Crippen molar-refractivity contribution in [3.05, 3.63) is 28.8 Å². The molecule has 0 radical (unpaired) electrons. The average Bonchev–Trinajstić information content (AvgIpc) is 2.30. The molecule has 0 spiro atoms. The highest BCUT2D eigenvalue weighted by Gasteiger charge is 2.31. The van der Waals surface area contributed by atoms with Gasteiger partial charge < -0.3 is 9.84 Å². The fraction of sp³-hybridized carbons (Fsp3) is 0.417. The van der Waals surface area contributed by atoms with Gasteiger partial charge in [0.25, 0.3) is 0 Å². The van der Waals surface area contributed by atoms with Crippen molar-refractivity contribution in [1.29, 1.82) is 0 Å². The zero-order chi connectivity index (χ0) is 12.4. The Morgan fingerprint density at radius 3 is 3.00 bits per heavy atom. The van der Waals surface area contributed by atoms with Crippen LogP contribution in [0.3, 0.4) is 0 Å². The van der Waals surface area contributed by atoms with Crippen molar-refractivity contribution >= 4 is 23.4 Å². The van der Waals surface area contributed by atoms with Crippen molar-refractivity contribution in [3.63, 3.8) is 0 Å². The molecule has 1 aromatic carbocycles. The fourth-order valence-corrected chi connectivity index (χ4v) is 2.21. The lowest BCUT2D eigenvalue weighted by Crippen LogP contribution is -2.48. The number of hydrogen-bond acceptors (Lipinski definition) is 3. The summed E-state index contributed by atoms with van der Waals surface area (Å²) in [5, 5.41) is 9.93. The van der Waals surface area contributed by atoms with Gasteiger partial charge in [0, 0.05) is 11.4 Å². The van der Waals surface area contributed by atoms with Crippen LogP contribution in [-0.2, 0) is 4.74 Å².